The van der Waals surface area contributed by atoms with E-state index in [0.717, 1.165) is 0 Å². The van der Waals surface area contributed by atoms with Gasteiger partial charge in [0.2, 0.25) is 0 Å². The molecule has 23 heavy (non-hydrogen) atoms. The lowest BCUT2D eigenvalue weighted by Gasteiger charge is -2.38. The number of nitrogens with one attached hydrogen (secondary N) is 1. The van der Waals surface area contributed by atoms with Gasteiger partial charge in [-0.3, -0.25) is 4.79 Å². The Morgan fingerprint density at radius 2 is 2.35 bits per heavy atom. The molecule has 1 fully saturated rings. The van der Waals surface area contributed by atoms with E-state index in [1.165, 1.54) is 13.3 Å². The molecular weight excluding hydrogens is 320 g/mol. The monoisotopic (exact) mass is 336 g/mol. The van der Waals surface area contributed by atoms with Gasteiger partial charge in [0.05, 0.1) is 24.9 Å². The van der Waals surface area contributed by atoms with Gasteiger partial charge in [-0.25, -0.2) is 0 Å². The number of likely N-dealkylation sites (tertiary alicyclic amines) is 1. The fourth-order valence-corrected chi connectivity index (χ4v) is 3.01. The summed E-state index contributed by atoms with van der Waals surface area (Å²) >= 11 is 5.99. The largest absolute Gasteiger partial charge is 0.495 e. The second-order valence-electron chi connectivity index (χ2n) is 5.57. The van der Waals surface area contributed by atoms with Crippen molar-refractivity contribution in [2.45, 2.75) is 18.4 Å². The predicted molar refractivity (Wildman–Crippen MR) is 83.4 cm³/mol. The van der Waals surface area contributed by atoms with Crippen molar-refractivity contribution in [3.05, 3.63) is 40.7 Å². The van der Waals surface area contributed by atoms with Crippen molar-refractivity contribution in [3.8, 4) is 5.75 Å². The minimum atomic E-state index is -1.18. The molecule has 0 bridgehead atoms. The van der Waals surface area contributed by atoms with E-state index in [1.807, 2.05) is 0 Å². The number of methoxy groups -OCH3 is 1. The zero-order valence-electron chi connectivity index (χ0n) is 12.6. The summed E-state index contributed by atoms with van der Waals surface area (Å²) in [6.45, 7) is 0.743. The maximum atomic E-state index is 12.7. The molecule has 1 amide bonds. The van der Waals surface area contributed by atoms with Gasteiger partial charge in [-0.2, -0.15) is 15.4 Å². The van der Waals surface area contributed by atoms with Gasteiger partial charge < -0.3 is 14.7 Å². The van der Waals surface area contributed by atoms with Crippen LogP contribution in [-0.4, -0.2) is 51.5 Å². The molecule has 0 spiro atoms. The lowest BCUT2D eigenvalue weighted by atomic mass is 9.89. The molecule has 7 nitrogen and oxygen atoms in total. The minimum Gasteiger partial charge on any atom is -0.495 e. The first-order valence-corrected chi connectivity index (χ1v) is 7.63. The number of H-pyrrole nitrogens is 1. The Bertz CT molecular complexity index is 707. The molecule has 1 aliphatic rings. The number of benzene rings is 1. The Labute approximate surface area is 138 Å². The number of carbonyl (C=O) groups excluding carboxylic acids is 1. The summed E-state index contributed by atoms with van der Waals surface area (Å²) in [5.41, 5.74) is -0.267. The quantitative estimate of drug-likeness (QED) is 0.888. The van der Waals surface area contributed by atoms with Gasteiger partial charge in [-0.1, -0.05) is 11.6 Å². The minimum absolute atomic E-state index is 0.170. The van der Waals surface area contributed by atoms with Crippen LogP contribution in [0.5, 0.6) is 5.75 Å². The van der Waals surface area contributed by atoms with Crippen molar-refractivity contribution in [1.82, 2.24) is 20.3 Å². The van der Waals surface area contributed by atoms with Gasteiger partial charge in [-0.05, 0) is 31.0 Å². The number of carbonyl (C=O) groups is 1. The molecule has 1 aromatic heterocycles. The van der Waals surface area contributed by atoms with Crippen LogP contribution in [-0.2, 0) is 5.60 Å². The third kappa shape index (κ3) is 3.02. The normalized spacial score (nSPS) is 21.3. The average Bonchev–Trinajstić information content (AvgIpc) is 3.10. The number of nitrogens with zero attached hydrogens (tertiary/aromatic N) is 3. The molecular formula is C15H17ClN4O3. The summed E-state index contributed by atoms with van der Waals surface area (Å²) in [5.74, 6) is 0.267. The predicted octanol–water partition coefficient (Wildman–Crippen LogP) is 1.59. The van der Waals surface area contributed by atoms with Gasteiger partial charge in [-0.15, -0.1) is 0 Å². The first-order chi connectivity index (χ1) is 11.0. The molecule has 1 aliphatic heterocycles. The van der Waals surface area contributed by atoms with E-state index < -0.39 is 5.60 Å². The summed E-state index contributed by atoms with van der Waals surface area (Å²) in [6.07, 6.45) is 2.70. The Morgan fingerprint density at radius 1 is 1.52 bits per heavy atom. The van der Waals surface area contributed by atoms with Crippen LogP contribution in [0.4, 0.5) is 0 Å². The Kier molecular flexibility index (Phi) is 4.23. The molecule has 0 radical (unpaired) electrons. The van der Waals surface area contributed by atoms with Crippen molar-refractivity contribution in [3.63, 3.8) is 0 Å². The van der Waals surface area contributed by atoms with E-state index in [4.69, 9.17) is 16.3 Å². The second-order valence-corrected chi connectivity index (χ2v) is 5.97. The van der Waals surface area contributed by atoms with E-state index in [0.29, 0.717) is 41.4 Å². The number of aliphatic hydroxyl groups is 1. The van der Waals surface area contributed by atoms with Crippen LogP contribution in [0.25, 0.3) is 0 Å². The highest BCUT2D eigenvalue weighted by Gasteiger charge is 2.39. The molecule has 0 saturated carbocycles. The summed E-state index contributed by atoms with van der Waals surface area (Å²) in [7, 11) is 1.50. The smallest absolute Gasteiger partial charge is 0.254 e. The highest BCUT2D eigenvalue weighted by Crippen LogP contribution is 2.31. The first kappa shape index (κ1) is 15.8. The van der Waals surface area contributed by atoms with Crippen molar-refractivity contribution >= 4 is 17.5 Å². The second kappa shape index (κ2) is 6.17. The number of aromatic amines is 1. The number of ether oxygens (including phenoxy) is 1. The molecule has 0 aliphatic carbocycles. The van der Waals surface area contributed by atoms with Crippen LogP contribution < -0.4 is 4.74 Å². The van der Waals surface area contributed by atoms with Crippen LogP contribution in [0.2, 0.25) is 5.02 Å². The maximum absolute atomic E-state index is 12.7. The molecule has 3 rings (SSSR count). The fourth-order valence-electron chi connectivity index (χ4n) is 2.82. The number of rotatable bonds is 3. The molecule has 1 unspecified atom stereocenters. The van der Waals surface area contributed by atoms with Gasteiger partial charge >= 0.3 is 0 Å². The molecule has 8 heteroatoms. The first-order valence-electron chi connectivity index (χ1n) is 7.25. The zero-order chi connectivity index (χ0) is 16.4. The number of hydrogen-bond donors (Lipinski definition) is 2. The summed E-state index contributed by atoms with van der Waals surface area (Å²) in [6, 6.07) is 4.88. The van der Waals surface area contributed by atoms with E-state index >= 15 is 0 Å². The number of aromatic nitrogens is 3. The molecule has 1 saturated heterocycles. The van der Waals surface area contributed by atoms with Crippen molar-refractivity contribution in [2.24, 2.45) is 0 Å². The van der Waals surface area contributed by atoms with Crippen molar-refractivity contribution < 1.29 is 14.6 Å². The SMILES string of the molecule is COc1cc(C(=O)N2CCCC(O)(c3cn[nH]n3)C2)ccc1Cl. The lowest BCUT2D eigenvalue weighted by molar-refractivity contribution is -0.0320. The number of halogens is 1. The molecule has 2 N–H and O–H groups in total. The summed E-state index contributed by atoms with van der Waals surface area (Å²) in [5, 5.41) is 21.4. The van der Waals surface area contributed by atoms with Crippen LogP contribution in [0, 0.1) is 0 Å². The molecule has 122 valence electrons. The molecule has 2 aromatic rings. The van der Waals surface area contributed by atoms with Gasteiger partial charge in [0.15, 0.2) is 0 Å². The zero-order valence-corrected chi connectivity index (χ0v) is 13.4. The number of amides is 1. The van der Waals surface area contributed by atoms with Crippen LogP contribution in [0.15, 0.2) is 24.4 Å². The molecule has 1 aromatic carbocycles. The van der Waals surface area contributed by atoms with E-state index in [-0.39, 0.29) is 12.5 Å². The van der Waals surface area contributed by atoms with E-state index in [1.54, 1.807) is 23.1 Å². The highest BCUT2D eigenvalue weighted by molar-refractivity contribution is 6.32. The molecule has 1 atom stereocenters. The van der Waals surface area contributed by atoms with Gasteiger partial charge in [0.25, 0.3) is 5.91 Å². The Morgan fingerprint density at radius 3 is 3.04 bits per heavy atom. The van der Waals surface area contributed by atoms with Crippen LogP contribution >= 0.6 is 11.6 Å². The Hall–Kier alpha value is -2.12. The number of β-amino-alcohol motifs (C(OH)–C–C–N with tert-alkyl or cyclic N) is 1. The number of piperidine rings is 1. The Balaban J connectivity index is 1.82. The maximum Gasteiger partial charge on any atom is 0.254 e. The third-order valence-electron chi connectivity index (χ3n) is 4.05. The standard InChI is InChI=1S/C15H17ClN4O3/c1-23-12-7-10(3-4-11(12)16)14(21)20-6-2-5-15(22,9-20)13-8-17-19-18-13/h3-4,7-8,22H,2,5-6,9H2,1H3,(H,17,18,19). The van der Waals surface area contributed by atoms with Crippen LogP contribution in [0.1, 0.15) is 28.9 Å². The van der Waals surface area contributed by atoms with E-state index in [9.17, 15) is 9.90 Å². The third-order valence-corrected chi connectivity index (χ3v) is 4.36. The van der Waals surface area contributed by atoms with Gasteiger partial charge in [0, 0.05) is 12.1 Å². The van der Waals surface area contributed by atoms with Crippen molar-refractivity contribution in [1.29, 1.82) is 0 Å². The van der Waals surface area contributed by atoms with E-state index in [2.05, 4.69) is 15.4 Å². The fraction of sp³-hybridized carbons (Fsp3) is 0.400. The average molecular weight is 337 g/mol. The molecule has 2 heterocycles. The summed E-state index contributed by atoms with van der Waals surface area (Å²) in [4.78, 5) is 14.3. The van der Waals surface area contributed by atoms with Crippen LogP contribution in [0.3, 0.4) is 0 Å². The lowest BCUT2D eigenvalue weighted by Crippen LogP contribution is -2.48. The van der Waals surface area contributed by atoms with Gasteiger partial charge in [0.1, 0.15) is 17.0 Å². The highest BCUT2D eigenvalue weighted by atomic mass is 35.5. The number of hydrogen-bond acceptors (Lipinski definition) is 5. The topological polar surface area (TPSA) is 91.3 Å². The summed E-state index contributed by atoms with van der Waals surface area (Å²) < 4.78 is 5.15. The van der Waals surface area contributed by atoms with Crippen molar-refractivity contribution in [2.75, 3.05) is 20.2 Å².